The van der Waals surface area contributed by atoms with E-state index in [0.717, 1.165) is 11.3 Å². The summed E-state index contributed by atoms with van der Waals surface area (Å²) in [6.45, 7) is 10.1. The van der Waals surface area contributed by atoms with Crippen LogP contribution in [0.25, 0.3) is 10.2 Å². The molecular weight excluding hydrogens is 577 g/mol. The van der Waals surface area contributed by atoms with E-state index in [0.29, 0.717) is 23.3 Å². The molecule has 0 aliphatic heterocycles. The quantitative estimate of drug-likeness (QED) is 0.327. The molecule has 0 saturated carbocycles. The van der Waals surface area contributed by atoms with Crippen molar-refractivity contribution in [3.63, 3.8) is 0 Å². The molecule has 0 aliphatic rings. The molecule has 0 radical (unpaired) electrons. The maximum absolute atomic E-state index is 13.3. The van der Waals surface area contributed by atoms with Gasteiger partial charge in [0.25, 0.3) is 5.91 Å². The lowest BCUT2D eigenvalue weighted by Crippen LogP contribution is -2.37. The third kappa shape index (κ3) is 7.63. The minimum absolute atomic E-state index is 0.0695. The maximum Gasteiger partial charge on any atom is 0.326 e. The predicted octanol–water partition coefficient (Wildman–Crippen LogP) is 2.96. The molecule has 218 valence electrons. The summed E-state index contributed by atoms with van der Waals surface area (Å²) >= 11 is 1.00. The average molecular weight is 611 g/mol. The molecule has 2 aromatic carbocycles. The molecule has 0 saturated heterocycles. The summed E-state index contributed by atoms with van der Waals surface area (Å²) in [7, 11) is -7.75. The fraction of sp³-hybridized carbons (Fsp3) is 0.423. The number of nitrogens with two attached hydrogens (primary N) is 1. The topological polar surface area (TPSA) is 158 Å². The highest BCUT2D eigenvalue weighted by Crippen LogP contribution is 2.22. The van der Waals surface area contributed by atoms with Gasteiger partial charge in [-0.2, -0.15) is 9.30 Å². The Balaban J connectivity index is 2.02. The van der Waals surface area contributed by atoms with Crippen molar-refractivity contribution in [1.29, 1.82) is 0 Å². The van der Waals surface area contributed by atoms with Gasteiger partial charge in [-0.1, -0.05) is 39.0 Å². The van der Waals surface area contributed by atoms with Crippen LogP contribution in [0.3, 0.4) is 0 Å². The van der Waals surface area contributed by atoms with Crippen molar-refractivity contribution in [2.24, 2.45) is 22.0 Å². The fourth-order valence-corrected chi connectivity index (χ4v) is 7.41. The number of hydrogen-bond acceptors (Lipinski definition) is 8. The monoisotopic (exact) mass is 610 g/mol. The van der Waals surface area contributed by atoms with Crippen LogP contribution in [0.1, 0.15) is 45.0 Å². The fourth-order valence-electron chi connectivity index (χ4n) is 3.96. The number of hydrogen-bond donors (Lipinski definition) is 1. The van der Waals surface area contributed by atoms with Crippen molar-refractivity contribution in [2.75, 3.05) is 19.7 Å². The van der Waals surface area contributed by atoms with E-state index < -0.39 is 31.9 Å². The Kier molecular flexibility index (Phi) is 10.1. The van der Waals surface area contributed by atoms with Crippen molar-refractivity contribution in [3.05, 3.63) is 52.8 Å². The number of ether oxygens (including phenoxy) is 1. The van der Waals surface area contributed by atoms with Crippen molar-refractivity contribution >= 4 is 53.5 Å². The Labute approximate surface area is 238 Å². The van der Waals surface area contributed by atoms with Gasteiger partial charge in [0.15, 0.2) is 4.80 Å². The zero-order chi connectivity index (χ0) is 29.8. The zero-order valence-corrected chi connectivity index (χ0v) is 25.5. The molecule has 1 amide bonds. The summed E-state index contributed by atoms with van der Waals surface area (Å²) in [5, 5.41) is 5.25. The van der Waals surface area contributed by atoms with E-state index in [1.165, 1.54) is 51.3 Å². The van der Waals surface area contributed by atoms with E-state index in [4.69, 9.17) is 9.88 Å². The van der Waals surface area contributed by atoms with Crippen LogP contribution in [0.15, 0.2) is 57.2 Å². The summed E-state index contributed by atoms with van der Waals surface area (Å²) in [5.74, 6) is -0.955. The predicted molar refractivity (Wildman–Crippen MR) is 153 cm³/mol. The third-order valence-electron chi connectivity index (χ3n) is 5.65. The summed E-state index contributed by atoms with van der Waals surface area (Å²) in [6.07, 6.45) is 0. The second-order valence-corrected chi connectivity index (χ2v) is 14.5. The summed E-state index contributed by atoms with van der Waals surface area (Å²) in [4.78, 5) is 29.6. The van der Waals surface area contributed by atoms with Crippen LogP contribution in [0.4, 0.5) is 0 Å². The largest absolute Gasteiger partial charge is 0.465 e. The van der Waals surface area contributed by atoms with Gasteiger partial charge in [-0.05, 0) is 61.2 Å². The van der Waals surface area contributed by atoms with E-state index >= 15 is 0 Å². The molecule has 0 bridgehead atoms. The Bertz CT molecular complexity index is 1660. The molecule has 0 fully saturated rings. The molecule has 1 heterocycles. The molecule has 14 heteroatoms. The highest BCUT2D eigenvalue weighted by atomic mass is 32.2. The molecule has 3 rings (SSSR count). The molecule has 1 aromatic heterocycles. The third-order valence-corrected chi connectivity index (χ3v) is 9.45. The molecule has 0 unspecified atom stereocenters. The molecule has 3 aromatic rings. The lowest BCUT2D eigenvalue weighted by atomic mass is 10.2. The second-order valence-electron chi connectivity index (χ2n) is 10.0. The molecular formula is C26H34N4O7S3. The van der Waals surface area contributed by atoms with E-state index in [1.807, 2.05) is 27.7 Å². The number of rotatable bonds is 11. The van der Waals surface area contributed by atoms with E-state index in [1.54, 1.807) is 6.92 Å². The first-order valence-electron chi connectivity index (χ1n) is 12.6. The summed E-state index contributed by atoms with van der Waals surface area (Å²) in [5.41, 5.74) is 0.609. The highest BCUT2D eigenvalue weighted by Gasteiger charge is 2.26. The van der Waals surface area contributed by atoms with Gasteiger partial charge in [-0.15, -0.1) is 0 Å². The van der Waals surface area contributed by atoms with Gasteiger partial charge < -0.3 is 9.30 Å². The zero-order valence-electron chi connectivity index (χ0n) is 23.0. The Morgan fingerprint density at radius 1 is 0.975 bits per heavy atom. The summed E-state index contributed by atoms with van der Waals surface area (Å²) in [6, 6.07) is 9.67. The molecule has 0 spiro atoms. The van der Waals surface area contributed by atoms with Crippen molar-refractivity contribution in [3.8, 4) is 0 Å². The number of aromatic nitrogens is 1. The molecule has 0 aliphatic carbocycles. The highest BCUT2D eigenvalue weighted by molar-refractivity contribution is 7.89. The van der Waals surface area contributed by atoms with Gasteiger partial charge in [0, 0.05) is 18.7 Å². The molecule has 40 heavy (non-hydrogen) atoms. The number of thiazole rings is 1. The maximum atomic E-state index is 13.3. The molecule has 2 N–H and O–H groups in total. The Hall–Kier alpha value is -2.91. The SMILES string of the molecule is CCOC(=O)Cn1c(=NC(=O)c2ccc(S(=O)(=O)N(CC(C)C)CC(C)C)cc2)sc2cc(S(N)(=O)=O)ccc21. The van der Waals surface area contributed by atoms with Crippen molar-refractivity contribution in [2.45, 2.75) is 51.0 Å². The number of primary sulfonamides is 1. The average Bonchev–Trinajstić information content (AvgIpc) is 3.18. The smallest absolute Gasteiger partial charge is 0.326 e. The van der Waals surface area contributed by atoms with Crippen LogP contribution < -0.4 is 9.94 Å². The van der Waals surface area contributed by atoms with Gasteiger partial charge in [-0.25, -0.2) is 22.0 Å². The standard InChI is InChI=1S/C26H34N4O7S3/c1-6-37-24(31)16-30-22-12-11-21(39(27,33)34)13-23(22)38-26(30)28-25(32)19-7-9-20(10-8-19)40(35,36)29(14-17(2)3)15-18(4)5/h7-13,17-18H,6,14-16H2,1-5H3,(H2,27,33,34). The molecule has 0 atom stereocenters. The number of sulfonamides is 2. The first-order chi connectivity index (χ1) is 18.6. The summed E-state index contributed by atoms with van der Waals surface area (Å²) < 4.78 is 58.6. The number of nitrogens with zero attached hydrogens (tertiary/aromatic N) is 3. The molecule has 11 nitrogen and oxygen atoms in total. The van der Waals surface area contributed by atoms with Crippen LogP contribution in [-0.4, -0.2) is 57.3 Å². The minimum Gasteiger partial charge on any atom is -0.465 e. The first-order valence-corrected chi connectivity index (χ1v) is 16.4. The van der Waals surface area contributed by atoms with Crippen LogP contribution in [0.5, 0.6) is 0 Å². The van der Waals surface area contributed by atoms with Crippen LogP contribution in [0, 0.1) is 11.8 Å². The number of amides is 1. The van der Waals surface area contributed by atoms with E-state index in [-0.39, 0.29) is 45.1 Å². The lowest BCUT2D eigenvalue weighted by Gasteiger charge is -2.25. The van der Waals surface area contributed by atoms with Crippen molar-refractivity contribution < 1.29 is 31.2 Å². The second kappa shape index (κ2) is 12.7. The van der Waals surface area contributed by atoms with E-state index in [9.17, 15) is 26.4 Å². The number of carbonyl (C=O) groups is 2. The van der Waals surface area contributed by atoms with Gasteiger partial charge in [0.2, 0.25) is 20.0 Å². The lowest BCUT2D eigenvalue weighted by molar-refractivity contribution is -0.143. The normalized spacial score (nSPS) is 13.1. The number of carbonyl (C=O) groups excluding carboxylic acids is 2. The number of benzene rings is 2. The van der Waals surface area contributed by atoms with Crippen LogP contribution >= 0.6 is 11.3 Å². The van der Waals surface area contributed by atoms with Crippen LogP contribution in [-0.2, 0) is 36.1 Å². The first kappa shape index (κ1) is 31.6. The van der Waals surface area contributed by atoms with Gasteiger partial charge in [0.05, 0.1) is 26.6 Å². The van der Waals surface area contributed by atoms with Crippen LogP contribution in [0.2, 0.25) is 0 Å². The number of fused-ring (bicyclic) bond motifs is 1. The van der Waals surface area contributed by atoms with Gasteiger partial charge >= 0.3 is 5.97 Å². The van der Waals surface area contributed by atoms with Crippen molar-refractivity contribution in [1.82, 2.24) is 8.87 Å². The van der Waals surface area contributed by atoms with Gasteiger partial charge in [0.1, 0.15) is 6.54 Å². The number of esters is 1. The van der Waals surface area contributed by atoms with Gasteiger partial charge in [-0.3, -0.25) is 9.59 Å². The Morgan fingerprint density at radius 2 is 1.55 bits per heavy atom. The minimum atomic E-state index is -3.98. The Morgan fingerprint density at radius 3 is 2.08 bits per heavy atom. The van der Waals surface area contributed by atoms with E-state index in [2.05, 4.69) is 4.99 Å².